The van der Waals surface area contributed by atoms with E-state index in [1.807, 2.05) is 0 Å². The molecule has 2 aliphatic rings. The van der Waals surface area contributed by atoms with Gasteiger partial charge >= 0.3 is 0 Å². The molecule has 1 aliphatic carbocycles. The molecule has 2 heterocycles. The summed E-state index contributed by atoms with van der Waals surface area (Å²) in [5.74, 6) is -0.171. The lowest BCUT2D eigenvalue weighted by Crippen LogP contribution is -2.53. The monoisotopic (exact) mass is 346 g/mol. The zero-order valence-corrected chi connectivity index (χ0v) is 14.4. The predicted octanol–water partition coefficient (Wildman–Crippen LogP) is 2.55. The van der Waals surface area contributed by atoms with Crippen molar-refractivity contribution >= 4 is 16.9 Å². The highest BCUT2D eigenvalue weighted by atomic mass is 19.1. The first-order valence-corrected chi connectivity index (χ1v) is 8.94. The second kappa shape index (κ2) is 6.42. The van der Waals surface area contributed by atoms with Gasteiger partial charge < -0.3 is 14.4 Å². The lowest BCUT2D eigenvalue weighted by atomic mass is 10.1. The molecule has 134 valence electrons. The first-order valence-electron chi connectivity index (χ1n) is 8.94. The maximum Gasteiger partial charge on any atom is 0.289 e. The Morgan fingerprint density at radius 3 is 2.68 bits per heavy atom. The maximum atomic E-state index is 13.4. The zero-order chi connectivity index (χ0) is 17.6. The van der Waals surface area contributed by atoms with Gasteiger partial charge in [-0.05, 0) is 44.4 Å². The number of furan rings is 1. The van der Waals surface area contributed by atoms with Crippen molar-refractivity contribution in [3.05, 3.63) is 35.3 Å². The highest BCUT2D eigenvalue weighted by Crippen LogP contribution is 2.28. The molecule has 4 rings (SSSR count). The molecular formula is C19H23FN2O3. The van der Waals surface area contributed by atoms with Crippen molar-refractivity contribution in [2.45, 2.75) is 38.3 Å². The predicted molar refractivity (Wildman–Crippen MR) is 92.0 cm³/mol. The Kier molecular flexibility index (Phi) is 4.25. The summed E-state index contributed by atoms with van der Waals surface area (Å²) >= 11 is 0. The first kappa shape index (κ1) is 16.5. The molecular weight excluding hydrogens is 323 g/mol. The SMILES string of the molecule is Cc1c(C(=O)N2CCN(C3CCCC3O)CC2)oc2ccc(F)cc12. The number of rotatable bonds is 2. The molecule has 1 aliphatic heterocycles. The summed E-state index contributed by atoms with van der Waals surface area (Å²) in [6.45, 7) is 4.56. The number of amides is 1. The number of carbonyl (C=O) groups excluding carboxylic acids is 1. The topological polar surface area (TPSA) is 56.9 Å². The van der Waals surface area contributed by atoms with Gasteiger partial charge in [0.25, 0.3) is 5.91 Å². The van der Waals surface area contributed by atoms with Crippen molar-refractivity contribution in [2.24, 2.45) is 0 Å². The third kappa shape index (κ3) is 2.93. The van der Waals surface area contributed by atoms with Gasteiger partial charge in [-0.15, -0.1) is 0 Å². The molecule has 2 unspecified atom stereocenters. The van der Waals surface area contributed by atoms with Crippen LogP contribution in [0.1, 0.15) is 35.4 Å². The minimum Gasteiger partial charge on any atom is -0.451 e. The number of piperazine rings is 1. The summed E-state index contributed by atoms with van der Waals surface area (Å²) in [6, 6.07) is 4.54. The highest BCUT2D eigenvalue weighted by molar-refractivity contribution is 5.99. The van der Waals surface area contributed by atoms with Gasteiger partial charge in [0, 0.05) is 43.2 Å². The number of aliphatic hydroxyl groups is 1. The van der Waals surface area contributed by atoms with E-state index < -0.39 is 0 Å². The number of aliphatic hydroxyl groups excluding tert-OH is 1. The van der Waals surface area contributed by atoms with E-state index in [2.05, 4.69) is 4.90 Å². The van der Waals surface area contributed by atoms with Crippen LogP contribution in [0.3, 0.4) is 0 Å². The molecule has 5 nitrogen and oxygen atoms in total. The summed E-state index contributed by atoms with van der Waals surface area (Å²) in [5.41, 5.74) is 1.23. The Hall–Kier alpha value is -1.92. The fourth-order valence-corrected chi connectivity index (χ4v) is 4.14. The van der Waals surface area contributed by atoms with Crippen LogP contribution in [0.5, 0.6) is 0 Å². The number of fused-ring (bicyclic) bond motifs is 1. The van der Waals surface area contributed by atoms with Crippen molar-refractivity contribution in [3.8, 4) is 0 Å². The second-order valence-electron chi connectivity index (χ2n) is 7.09. The molecule has 2 aromatic rings. The molecule has 1 aromatic carbocycles. The smallest absolute Gasteiger partial charge is 0.289 e. The van der Waals surface area contributed by atoms with E-state index in [1.54, 1.807) is 17.9 Å². The molecule has 2 fully saturated rings. The molecule has 1 saturated carbocycles. The quantitative estimate of drug-likeness (QED) is 0.908. The van der Waals surface area contributed by atoms with Crippen LogP contribution >= 0.6 is 0 Å². The van der Waals surface area contributed by atoms with E-state index in [-0.39, 0.29) is 23.9 Å². The lowest BCUT2D eigenvalue weighted by Gasteiger charge is -2.38. The van der Waals surface area contributed by atoms with Gasteiger partial charge in [-0.3, -0.25) is 9.69 Å². The molecule has 1 N–H and O–H groups in total. The van der Waals surface area contributed by atoms with E-state index >= 15 is 0 Å². The fraction of sp³-hybridized carbons (Fsp3) is 0.526. The van der Waals surface area contributed by atoms with Gasteiger partial charge in [0.05, 0.1) is 6.10 Å². The Morgan fingerprint density at radius 1 is 1.24 bits per heavy atom. The standard InChI is InChI=1S/C19H23FN2O3/c1-12-14-11-13(20)5-6-17(14)25-18(12)19(24)22-9-7-21(8-10-22)15-3-2-4-16(15)23/h5-6,11,15-16,23H,2-4,7-10H2,1H3. The summed E-state index contributed by atoms with van der Waals surface area (Å²) < 4.78 is 19.1. The van der Waals surface area contributed by atoms with E-state index in [0.29, 0.717) is 35.4 Å². The van der Waals surface area contributed by atoms with Crippen LogP contribution in [0.2, 0.25) is 0 Å². The average molecular weight is 346 g/mol. The molecule has 0 spiro atoms. The van der Waals surface area contributed by atoms with Crippen LogP contribution in [-0.4, -0.2) is 59.1 Å². The van der Waals surface area contributed by atoms with Crippen LogP contribution in [0.4, 0.5) is 4.39 Å². The van der Waals surface area contributed by atoms with Crippen molar-refractivity contribution in [1.29, 1.82) is 0 Å². The second-order valence-corrected chi connectivity index (χ2v) is 7.09. The van der Waals surface area contributed by atoms with Crippen LogP contribution < -0.4 is 0 Å². The van der Waals surface area contributed by atoms with Crippen molar-refractivity contribution in [3.63, 3.8) is 0 Å². The van der Waals surface area contributed by atoms with Crippen LogP contribution in [0.15, 0.2) is 22.6 Å². The third-order valence-corrected chi connectivity index (χ3v) is 5.61. The lowest BCUT2D eigenvalue weighted by molar-refractivity contribution is 0.0302. The molecule has 6 heteroatoms. The molecule has 0 radical (unpaired) electrons. The van der Waals surface area contributed by atoms with Gasteiger partial charge in [0.2, 0.25) is 0 Å². The fourth-order valence-electron chi connectivity index (χ4n) is 4.14. The largest absolute Gasteiger partial charge is 0.451 e. The summed E-state index contributed by atoms with van der Waals surface area (Å²) in [4.78, 5) is 16.9. The zero-order valence-electron chi connectivity index (χ0n) is 14.4. The van der Waals surface area contributed by atoms with Crippen LogP contribution in [-0.2, 0) is 0 Å². The number of aryl methyl sites for hydroxylation is 1. The minimum absolute atomic E-state index is 0.138. The number of halogens is 1. The maximum absolute atomic E-state index is 13.4. The van der Waals surface area contributed by atoms with Crippen LogP contribution in [0.25, 0.3) is 11.0 Å². The van der Waals surface area contributed by atoms with Gasteiger partial charge in [-0.25, -0.2) is 4.39 Å². The number of benzene rings is 1. The van der Waals surface area contributed by atoms with E-state index in [9.17, 15) is 14.3 Å². The van der Waals surface area contributed by atoms with Crippen LogP contribution in [0, 0.1) is 12.7 Å². The van der Waals surface area contributed by atoms with E-state index in [1.165, 1.54) is 12.1 Å². The average Bonchev–Trinajstić information content (AvgIpc) is 3.18. The van der Waals surface area contributed by atoms with Gasteiger partial charge in [0.15, 0.2) is 5.76 Å². The summed E-state index contributed by atoms with van der Waals surface area (Å²) in [5, 5.41) is 10.7. The van der Waals surface area contributed by atoms with Crippen molar-refractivity contribution < 1.29 is 18.7 Å². The molecule has 2 atom stereocenters. The van der Waals surface area contributed by atoms with Gasteiger partial charge in [0.1, 0.15) is 11.4 Å². The number of carbonyl (C=O) groups is 1. The van der Waals surface area contributed by atoms with E-state index in [0.717, 1.165) is 32.4 Å². The Bertz CT molecular complexity index is 795. The highest BCUT2D eigenvalue weighted by Gasteiger charge is 2.34. The Morgan fingerprint density at radius 2 is 2.00 bits per heavy atom. The number of hydrogen-bond donors (Lipinski definition) is 1. The minimum atomic E-state index is -0.334. The van der Waals surface area contributed by atoms with Gasteiger partial charge in [-0.2, -0.15) is 0 Å². The number of nitrogens with zero attached hydrogens (tertiary/aromatic N) is 2. The Labute approximate surface area is 146 Å². The Balaban J connectivity index is 1.48. The molecule has 0 bridgehead atoms. The summed E-state index contributed by atoms with van der Waals surface area (Å²) in [6.07, 6.45) is 2.73. The van der Waals surface area contributed by atoms with E-state index in [4.69, 9.17) is 4.42 Å². The third-order valence-electron chi connectivity index (χ3n) is 5.61. The molecule has 25 heavy (non-hydrogen) atoms. The normalized spacial score (nSPS) is 25.0. The van der Waals surface area contributed by atoms with Gasteiger partial charge in [-0.1, -0.05) is 0 Å². The molecule has 1 saturated heterocycles. The molecule has 1 amide bonds. The summed E-state index contributed by atoms with van der Waals surface area (Å²) in [7, 11) is 0. The first-order chi connectivity index (χ1) is 12.0. The molecule has 1 aromatic heterocycles. The van der Waals surface area contributed by atoms with Crippen molar-refractivity contribution in [2.75, 3.05) is 26.2 Å². The number of hydrogen-bond acceptors (Lipinski definition) is 4. The van der Waals surface area contributed by atoms with Crippen molar-refractivity contribution in [1.82, 2.24) is 9.80 Å².